The molecular formula is C27H25N3O2S2. The van der Waals surface area contributed by atoms with Gasteiger partial charge in [-0.3, -0.25) is 9.59 Å². The summed E-state index contributed by atoms with van der Waals surface area (Å²) in [7, 11) is 0. The molecule has 0 radical (unpaired) electrons. The number of benzene rings is 3. The molecule has 0 spiro atoms. The Bertz CT molecular complexity index is 1310. The zero-order chi connectivity index (χ0) is 24.1. The average Bonchev–Trinajstić information content (AvgIpc) is 3.18. The normalized spacial score (nSPS) is 10.7. The molecule has 0 saturated heterocycles. The molecule has 1 heterocycles. The summed E-state index contributed by atoms with van der Waals surface area (Å²) < 4.78 is 0. The molecule has 1 aromatic heterocycles. The first-order chi connectivity index (χ1) is 16.4. The number of nitrogens with zero attached hydrogens (tertiary/aromatic N) is 1. The number of anilines is 2. The zero-order valence-electron chi connectivity index (χ0n) is 19.2. The maximum absolute atomic E-state index is 12.5. The number of hydrogen-bond donors (Lipinski definition) is 2. The first-order valence-electron chi connectivity index (χ1n) is 10.8. The van der Waals surface area contributed by atoms with E-state index in [1.54, 1.807) is 6.07 Å². The predicted octanol–water partition coefficient (Wildman–Crippen LogP) is 6.72. The summed E-state index contributed by atoms with van der Waals surface area (Å²) in [6.07, 6.45) is 0. The number of aryl methyl sites for hydroxylation is 3. The van der Waals surface area contributed by atoms with Gasteiger partial charge in [0.05, 0.1) is 11.4 Å². The minimum Gasteiger partial charge on any atom is -0.322 e. The Kier molecular flexibility index (Phi) is 7.45. The van der Waals surface area contributed by atoms with E-state index in [0.29, 0.717) is 16.4 Å². The van der Waals surface area contributed by atoms with Gasteiger partial charge in [-0.1, -0.05) is 47.5 Å². The monoisotopic (exact) mass is 487 g/mol. The third-order valence-corrected chi connectivity index (χ3v) is 7.03. The number of nitrogens with one attached hydrogen (secondary N) is 2. The molecule has 3 aromatic carbocycles. The lowest BCUT2D eigenvalue weighted by Gasteiger charge is -2.07. The fourth-order valence-corrected chi connectivity index (χ4v) is 4.91. The van der Waals surface area contributed by atoms with Crippen molar-refractivity contribution in [3.8, 4) is 11.3 Å². The molecule has 0 bridgehead atoms. The Morgan fingerprint density at radius 1 is 0.882 bits per heavy atom. The van der Waals surface area contributed by atoms with Crippen LogP contribution in [-0.4, -0.2) is 22.6 Å². The number of carbonyl (C=O) groups excluding carboxylic acids is 2. The molecule has 2 N–H and O–H groups in total. The fourth-order valence-electron chi connectivity index (χ4n) is 3.36. The summed E-state index contributed by atoms with van der Waals surface area (Å²) in [6.45, 7) is 6.02. The number of aromatic nitrogens is 1. The van der Waals surface area contributed by atoms with Crippen LogP contribution in [0.15, 0.2) is 77.7 Å². The lowest BCUT2D eigenvalue weighted by molar-refractivity contribution is -0.113. The third-order valence-electron chi connectivity index (χ3n) is 5.13. The Morgan fingerprint density at radius 2 is 1.62 bits per heavy atom. The highest BCUT2D eigenvalue weighted by Gasteiger charge is 2.13. The third kappa shape index (κ3) is 6.12. The van der Waals surface area contributed by atoms with Crippen LogP contribution in [-0.2, 0) is 4.79 Å². The van der Waals surface area contributed by atoms with Gasteiger partial charge in [0, 0.05) is 26.6 Å². The zero-order valence-corrected chi connectivity index (χ0v) is 20.8. The molecule has 2 amide bonds. The number of hydrogen-bond acceptors (Lipinski definition) is 5. The minimum absolute atomic E-state index is 0.106. The summed E-state index contributed by atoms with van der Waals surface area (Å²) in [5.74, 6) is 0.0197. The smallest absolute Gasteiger partial charge is 0.255 e. The van der Waals surface area contributed by atoms with Crippen molar-refractivity contribution in [1.29, 1.82) is 0 Å². The summed E-state index contributed by atoms with van der Waals surface area (Å²) in [6, 6.07) is 23.1. The van der Waals surface area contributed by atoms with E-state index < -0.39 is 0 Å². The average molecular weight is 488 g/mol. The van der Waals surface area contributed by atoms with Gasteiger partial charge >= 0.3 is 0 Å². The quantitative estimate of drug-likeness (QED) is 0.284. The highest BCUT2D eigenvalue weighted by atomic mass is 32.2. The van der Waals surface area contributed by atoms with Crippen LogP contribution in [0.5, 0.6) is 0 Å². The summed E-state index contributed by atoms with van der Waals surface area (Å²) in [5.41, 5.74) is 5.51. The SMILES string of the molecule is Cc1ccc(-c2nc(NC(=O)CSc3ccc(NC(=O)c4cccc(C)c4)cc3)sc2C)cc1. The topological polar surface area (TPSA) is 71.1 Å². The number of thioether (sulfide) groups is 1. The van der Waals surface area contributed by atoms with Gasteiger partial charge in [0.25, 0.3) is 5.91 Å². The largest absolute Gasteiger partial charge is 0.322 e. The van der Waals surface area contributed by atoms with Crippen molar-refractivity contribution in [2.75, 3.05) is 16.4 Å². The minimum atomic E-state index is -0.146. The molecule has 0 aliphatic carbocycles. The molecule has 7 heteroatoms. The van der Waals surface area contributed by atoms with Crippen LogP contribution in [0.3, 0.4) is 0 Å². The Balaban J connectivity index is 1.30. The van der Waals surface area contributed by atoms with E-state index >= 15 is 0 Å². The molecule has 5 nitrogen and oxygen atoms in total. The van der Waals surface area contributed by atoms with Gasteiger partial charge < -0.3 is 10.6 Å². The van der Waals surface area contributed by atoms with Gasteiger partial charge in [0.15, 0.2) is 5.13 Å². The summed E-state index contributed by atoms with van der Waals surface area (Å²) in [5, 5.41) is 6.41. The molecule has 0 saturated carbocycles. The molecule has 172 valence electrons. The molecular weight excluding hydrogens is 462 g/mol. The van der Waals surface area contributed by atoms with Crippen molar-refractivity contribution in [3.63, 3.8) is 0 Å². The van der Waals surface area contributed by atoms with Gasteiger partial charge in [-0.15, -0.1) is 23.1 Å². The second kappa shape index (κ2) is 10.7. The van der Waals surface area contributed by atoms with E-state index in [1.807, 2.05) is 68.4 Å². The Morgan fingerprint density at radius 3 is 2.32 bits per heavy atom. The molecule has 34 heavy (non-hydrogen) atoms. The van der Waals surface area contributed by atoms with Gasteiger partial charge in [-0.2, -0.15) is 0 Å². The van der Waals surface area contributed by atoms with Crippen LogP contribution in [0.2, 0.25) is 0 Å². The Labute approximate surface area is 207 Å². The fraction of sp³-hybridized carbons (Fsp3) is 0.148. The van der Waals surface area contributed by atoms with E-state index in [2.05, 4.69) is 34.7 Å². The number of carbonyl (C=O) groups is 2. The van der Waals surface area contributed by atoms with E-state index in [1.165, 1.54) is 28.7 Å². The van der Waals surface area contributed by atoms with Gasteiger partial charge in [-0.25, -0.2) is 4.98 Å². The second-order valence-corrected chi connectivity index (χ2v) is 10.2. The first-order valence-corrected chi connectivity index (χ1v) is 12.6. The van der Waals surface area contributed by atoms with Crippen molar-refractivity contribution >= 4 is 45.7 Å². The van der Waals surface area contributed by atoms with E-state index in [4.69, 9.17) is 0 Å². The molecule has 0 aliphatic heterocycles. The number of thiazole rings is 1. The second-order valence-electron chi connectivity index (χ2n) is 7.97. The van der Waals surface area contributed by atoms with Crippen molar-refractivity contribution in [1.82, 2.24) is 4.98 Å². The van der Waals surface area contributed by atoms with Crippen LogP contribution >= 0.6 is 23.1 Å². The van der Waals surface area contributed by atoms with Crippen LogP contribution in [0, 0.1) is 20.8 Å². The van der Waals surface area contributed by atoms with Crippen LogP contribution in [0.4, 0.5) is 10.8 Å². The molecule has 0 atom stereocenters. The van der Waals surface area contributed by atoms with Crippen LogP contribution < -0.4 is 10.6 Å². The van der Waals surface area contributed by atoms with E-state index in [-0.39, 0.29) is 17.6 Å². The van der Waals surface area contributed by atoms with Crippen LogP contribution in [0.25, 0.3) is 11.3 Å². The molecule has 4 rings (SSSR count). The predicted molar refractivity (Wildman–Crippen MR) is 142 cm³/mol. The molecule has 4 aromatic rings. The van der Waals surface area contributed by atoms with Crippen molar-refractivity contribution in [2.45, 2.75) is 25.7 Å². The number of rotatable bonds is 7. The van der Waals surface area contributed by atoms with Crippen LogP contribution in [0.1, 0.15) is 26.4 Å². The van der Waals surface area contributed by atoms with Crippen molar-refractivity contribution in [3.05, 3.63) is 94.4 Å². The summed E-state index contributed by atoms with van der Waals surface area (Å²) >= 11 is 2.91. The maximum atomic E-state index is 12.5. The van der Waals surface area contributed by atoms with Gasteiger partial charge in [0.2, 0.25) is 5.91 Å². The highest BCUT2D eigenvalue weighted by molar-refractivity contribution is 8.00. The van der Waals surface area contributed by atoms with Gasteiger partial charge in [0.1, 0.15) is 0 Å². The molecule has 0 fully saturated rings. The van der Waals surface area contributed by atoms with Gasteiger partial charge in [-0.05, 0) is 57.2 Å². The first kappa shape index (κ1) is 23.7. The maximum Gasteiger partial charge on any atom is 0.255 e. The van der Waals surface area contributed by atoms with Crippen molar-refractivity contribution < 1.29 is 9.59 Å². The van der Waals surface area contributed by atoms with E-state index in [0.717, 1.165) is 26.6 Å². The number of amides is 2. The highest BCUT2D eigenvalue weighted by Crippen LogP contribution is 2.31. The standard InChI is InChI=1S/C27H25N3O2S2/c1-17-7-9-20(10-8-17)25-19(3)34-27(30-25)29-24(31)16-33-23-13-11-22(12-14-23)28-26(32)21-6-4-5-18(2)15-21/h4-15H,16H2,1-3H3,(H,28,32)(H,29,30,31). The Hall–Kier alpha value is -3.42. The van der Waals surface area contributed by atoms with E-state index in [9.17, 15) is 9.59 Å². The molecule has 0 unspecified atom stereocenters. The van der Waals surface area contributed by atoms with Crippen molar-refractivity contribution in [2.24, 2.45) is 0 Å². The summed E-state index contributed by atoms with van der Waals surface area (Å²) in [4.78, 5) is 31.5. The lowest BCUT2D eigenvalue weighted by Crippen LogP contribution is -2.13. The lowest BCUT2D eigenvalue weighted by atomic mass is 10.1. The molecule has 0 aliphatic rings.